The van der Waals surface area contributed by atoms with Gasteiger partial charge in [-0.25, -0.2) is 9.48 Å². The van der Waals surface area contributed by atoms with E-state index in [1.54, 1.807) is 30.9 Å². The number of amides is 3. The van der Waals surface area contributed by atoms with Crippen LogP contribution in [0, 0.1) is 5.92 Å². The molecule has 0 aliphatic rings. The lowest BCUT2D eigenvalue weighted by atomic mass is 10.1. The van der Waals surface area contributed by atoms with Crippen LogP contribution >= 0.6 is 11.6 Å². The summed E-state index contributed by atoms with van der Waals surface area (Å²) in [6, 6.07) is 18.6. The summed E-state index contributed by atoms with van der Waals surface area (Å²) in [4.78, 5) is 28.5. The van der Waals surface area contributed by atoms with Crippen LogP contribution in [0.2, 0.25) is 5.02 Å². The van der Waals surface area contributed by atoms with Crippen LogP contribution in [0.5, 0.6) is 0 Å². The average molecular weight is 454 g/mol. The molecule has 1 N–H and O–H groups in total. The van der Waals surface area contributed by atoms with E-state index >= 15 is 0 Å². The fourth-order valence-corrected chi connectivity index (χ4v) is 3.53. The summed E-state index contributed by atoms with van der Waals surface area (Å²) < 4.78 is 1.61. The molecule has 7 nitrogen and oxygen atoms in total. The summed E-state index contributed by atoms with van der Waals surface area (Å²) >= 11 is 6.41. The highest BCUT2D eigenvalue weighted by molar-refractivity contribution is 6.32. The van der Waals surface area contributed by atoms with Crippen molar-refractivity contribution >= 4 is 29.4 Å². The van der Waals surface area contributed by atoms with E-state index in [2.05, 4.69) is 10.4 Å². The lowest BCUT2D eigenvalue weighted by Gasteiger charge is -2.27. The normalized spacial score (nSPS) is 10.8. The Morgan fingerprint density at radius 1 is 1.06 bits per heavy atom. The fraction of sp³-hybridized carbons (Fsp3) is 0.292. The van der Waals surface area contributed by atoms with E-state index in [1.165, 1.54) is 9.80 Å². The zero-order valence-corrected chi connectivity index (χ0v) is 19.5. The second kappa shape index (κ2) is 10.3. The Labute approximate surface area is 193 Å². The minimum atomic E-state index is -0.311. The molecule has 0 atom stereocenters. The Morgan fingerprint density at radius 3 is 2.34 bits per heavy atom. The number of urea groups is 1. The van der Waals surface area contributed by atoms with Gasteiger partial charge in [-0.3, -0.25) is 4.79 Å². The molecule has 168 valence electrons. The SMILES string of the molecule is CC(C)CN(CC(=O)Nc1cc(-c2ccccc2)nn1-c1ccccc1Cl)C(=O)N(C)C. The maximum atomic E-state index is 12.9. The fourth-order valence-electron chi connectivity index (χ4n) is 3.32. The van der Waals surface area contributed by atoms with Crippen LogP contribution in [0.1, 0.15) is 13.8 Å². The van der Waals surface area contributed by atoms with Crippen molar-refractivity contribution in [1.29, 1.82) is 0 Å². The Bertz CT molecular complexity index is 1080. The smallest absolute Gasteiger partial charge is 0.319 e. The van der Waals surface area contributed by atoms with Gasteiger partial charge in [-0.1, -0.05) is 67.9 Å². The first-order valence-corrected chi connectivity index (χ1v) is 10.8. The van der Waals surface area contributed by atoms with Crippen LogP contribution in [0.15, 0.2) is 60.7 Å². The summed E-state index contributed by atoms with van der Waals surface area (Å²) in [5.74, 6) is 0.391. The highest BCUT2D eigenvalue weighted by Gasteiger charge is 2.22. The molecule has 1 aromatic heterocycles. The molecule has 1 heterocycles. The molecule has 2 aromatic carbocycles. The van der Waals surface area contributed by atoms with Gasteiger partial charge in [0.05, 0.1) is 16.4 Å². The van der Waals surface area contributed by atoms with Crippen molar-refractivity contribution in [2.45, 2.75) is 13.8 Å². The maximum Gasteiger partial charge on any atom is 0.319 e. The van der Waals surface area contributed by atoms with Gasteiger partial charge in [0.1, 0.15) is 12.4 Å². The molecule has 0 fully saturated rings. The molecule has 0 spiro atoms. The lowest BCUT2D eigenvalue weighted by molar-refractivity contribution is -0.117. The first-order chi connectivity index (χ1) is 15.3. The third-order valence-corrected chi connectivity index (χ3v) is 5.02. The Kier molecular flexibility index (Phi) is 7.53. The van der Waals surface area contributed by atoms with E-state index in [1.807, 2.05) is 62.4 Å². The van der Waals surface area contributed by atoms with Gasteiger partial charge in [0.25, 0.3) is 0 Å². The number of halogens is 1. The molecule has 3 rings (SSSR count). The van der Waals surface area contributed by atoms with E-state index in [0.29, 0.717) is 28.8 Å². The van der Waals surface area contributed by atoms with Gasteiger partial charge in [-0.2, -0.15) is 5.10 Å². The molecule has 0 saturated heterocycles. The van der Waals surface area contributed by atoms with Gasteiger partial charge in [0.2, 0.25) is 5.91 Å². The lowest BCUT2D eigenvalue weighted by Crippen LogP contribution is -2.45. The van der Waals surface area contributed by atoms with Gasteiger partial charge in [0.15, 0.2) is 0 Å². The third-order valence-electron chi connectivity index (χ3n) is 4.70. The Balaban J connectivity index is 1.92. The van der Waals surface area contributed by atoms with Crippen LogP contribution < -0.4 is 5.32 Å². The zero-order valence-electron chi connectivity index (χ0n) is 18.7. The minimum absolute atomic E-state index is 0.0659. The molecule has 3 aromatic rings. The molecule has 0 aliphatic carbocycles. The maximum absolute atomic E-state index is 12.9. The topological polar surface area (TPSA) is 70.5 Å². The molecule has 0 bridgehead atoms. The summed E-state index contributed by atoms with van der Waals surface area (Å²) in [6.07, 6.45) is 0. The number of nitrogens with one attached hydrogen (secondary N) is 1. The van der Waals surface area contributed by atoms with Crippen molar-refractivity contribution in [2.75, 3.05) is 32.5 Å². The molecule has 0 aliphatic heterocycles. The highest BCUT2D eigenvalue weighted by Crippen LogP contribution is 2.28. The van der Waals surface area contributed by atoms with Crippen molar-refractivity contribution in [2.24, 2.45) is 5.92 Å². The molecule has 0 unspecified atom stereocenters. The van der Waals surface area contributed by atoms with Gasteiger partial charge >= 0.3 is 6.03 Å². The number of rotatable bonds is 7. The molecule has 0 saturated carbocycles. The number of nitrogens with zero attached hydrogens (tertiary/aromatic N) is 4. The number of aromatic nitrogens is 2. The minimum Gasteiger partial charge on any atom is -0.331 e. The number of para-hydroxylation sites is 1. The Morgan fingerprint density at radius 2 is 1.72 bits per heavy atom. The Hall–Kier alpha value is -3.32. The number of carbonyl (C=O) groups excluding carboxylic acids is 2. The quantitative estimate of drug-likeness (QED) is 0.560. The largest absolute Gasteiger partial charge is 0.331 e. The monoisotopic (exact) mass is 453 g/mol. The molecular formula is C24H28ClN5O2. The van der Waals surface area contributed by atoms with E-state index in [0.717, 1.165) is 5.56 Å². The van der Waals surface area contributed by atoms with Crippen LogP contribution in [-0.4, -0.2) is 58.7 Å². The van der Waals surface area contributed by atoms with E-state index < -0.39 is 0 Å². The number of hydrogen-bond donors (Lipinski definition) is 1. The zero-order chi connectivity index (χ0) is 23.3. The summed E-state index contributed by atoms with van der Waals surface area (Å²) in [5, 5.41) is 8.11. The predicted octanol–water partition coefficient (Wildman–Crippen LogP) is 4.77. The predicted molar refractivity (Wildman–Crippen MR) is 128 cm³/mol. The van der Waals surface area contributed by atoms with Gasteiger partial charge in [0, 0.05) is 32.3 Å². The highest BCUT2D eigenvalue weighted by atomic mass is 35.5. The molecule has 3 amide bonds. The summed E-state index contributed by atoms with van der Waals surface area (Å²) in [7, 11) is 3.35. The van der Waals surface area contributed by atoms with Crippen LogP contribution in [0.4, 0.5) is 10.6 Å². The first kappa shape index (κ1) is 23.3. The molecule has 0 radical (unpaired) electrons. The molecule has 32 heavy (non-hydrogen) atoms. The van der Waals surface area contributed by atoms with Crippen molar-refractivity contribution in [3.05, 3.63) is 65.7 Å². The number of anilines is 1. The second-order valence-corrected chi connectivity index (χ2v) is 8.55. The van der Waals surface area contributed by atoms with Crippen molar-refractivity contribution < 1.29 is 9.59 Å². The van der Waals surface area contributed by atoms with Crippen molar-refractivity contribution in [3.63, 3.8) is 0 Å². The number of benzene rings is 2. The molecule has 8 heteroatoms. The van der Waals surface area contributed by atoms with Gasteiger partial charge < -0.3 is 15.1 Å². The van der Waals surface area contributed by atoms with Crippen LogP contribution in [0.3, 0.4) is 0 Å². The first-order valence-electron chi connectivity index (χ1n) is 10.4. The van der Waals surface area contributed by atoms with Gasteiger partial charge in [-0.15, -0.1) is 0 Å². The third kappa shape index (κ3) is 5.68. The van der Waals surface area contributed by atoms with E-state index in [9.17, 15) is 9.59 Å². The number of hydrogen-bond acceptors (Lipinski definition) is 3. The standard InChI is InChI=1S/C24H28ClN5O2/c1-17(2)15-29(24(32)28(3)4)16-23(31)26-22-14-20(18-10-6-5-7-11-18)27-30(22)21-13-9-8-12-19(21)25/h5-14,17H,15-16H2,1-4H3,(H,26,31). The van der Waals surface area contributed by atoms with Crippen molar-refractivity contribution in [1.82, 2.24) is 19.6 Å². The second-order valence-electron chi connectivity index (χ2n) is 8.14. The average Bonchev–Trinajstić information content (AvgIpc) is 3.16. The van der Waals surface area contributed by atoms with Crippen LogP contribution in [-0.2, 0) is 4.79 Å². The van der Waals surface area contributed by atoms with Crippen molar-refractivity contribution in [3.8, 4) is 16.9 Å². The van der Waals surface area contributed by atoms with Gasteiger partial charge in [-0.05, 0) is 18.1 Å². The summed E-state index contributed by atoms with van der Waals surface area (Å²) in [5.41, 5.74) is 2.26. The number of carbonyl (C=O) groups is 2. The summed E-state index contributed by atoms with van der Waals surface area (Å²) in [6.45, 7) is 4.42. The van der Waals surface area contributed by atoms with E-state index in [4.69, 9.17) is 11.6 Å². The van der Waals surface area contributed by atoms with E-state index in [-0.39, 0.29) is 24.4 Å². The van der Waals surface area contributed by atoms with Crippen LogP contribution in [0.25, 0.3) is 16.9 Å². The molecular weight excluding hydrogens is 426 g/mol.